The normalized spacial score (nSPS) is 11.3. The molecule has 168 valence electrons. The summed E-state index contributed by atoms with van der Waals surface area (Å²) in [5.41, 5.74) is 0.924. The average molecular weight is 464 g/mol. The van der Waals surface area contributed by atoms with Gasteiger partial charge in [0, 0.05) is 16.3 Å². The molecule has 0 aliphatic rings. The van der Waals surface area contributed by atoms with Gasteiger partial charge in [-0.25, -0.2) is 9.59 Å². The number of benzene rings is 3. The van der Waals surface area contributed by atoms with Gasteiger partial charge < -0.3 is 20.8 Å². The number of carbonyl (C=O) groups is 4. The van der Waals surface area contributed by atoms with E-state index < -0.39 is 23.1 Å². The van der Waals surface area contributed by atoms with Crippen molar-refractivity contribution >= 4 is 46.9 Å². The number of carbonyl (C=O) groups excluding carboxylic acids is 2. The maximum absolute atomic E-state index is 12.5. The van der Waals surface area contributed by atoms with Crippen molar-refractivity contribution < 1.29 is 29.4 Å². The molecule has 0 heterocycles. The molecule has 3 rings (SSSR count). The Labute approximate surface area is 193 Å². The molecule has 9 heteroatoms. The molecule has 1 unspecified atom stereocenters. The van der Waals surface area contributed by atoms with Gasteiger partial charge in [-0.2, -0.15) is 0 Å². The number of hydrogen-bond acceptors (Lipinski definition) is 5. The first kappa shape index (κ1) is 23.6. The summed E-state index contributed by atoms with van der Waals surface area (Å²) in [5.74, 6) is -3.09. The maximum atomic E-state index is 12.5. The van der Waals surface area contributed by atoms with Crippen LogP contribution in [0.15, 0.2) is 77.7 Å². The Kier molecular flexibility index (Phi) is 7.47. The predicted octanol–water partition coefficient (Wildman–Crippen LogP) is 4.45. The number of aromatic carboxylic acids is 2. The average Bonchev–Trinajstić information content (AvgIpc) is 2.80. The van der Waals surface area contributed by atoms with Gasteiger partial charge in [0.25, 0.3) is 5.91 Å². The molecule has 0 aliphatic heterocycles. The van der Waals surface area contributed by atoms with Crippen molar-refractivity contribution in [2.75, 3.05) is 10.6 Å². The van der Waals surface area contributed by atoms with Crippen LogP contribution in [0.4, 0.5) is 11.4 Å². The number of nitrogens with one attached hydrogen (secondary N) is 2. The lowest BCUT2D eigenvalue weighted by molar-refractivity contribution is -0.115. The van der Waals surface area contributed by atoms with Gasteiger partial charge in [0.2, 0.25) is 5.91 Å². The molecule has 2 amide bonds. The number of carboxylic acids is 2. The third-order valence-electron chi connectivity index (χ3n) is 4.57. The minimum atomic E-state index is -1.19. The van der Waals surface area contributed by atoms with Crippen molar-refractivity contribution in [3.63, 3.8) is 0 Å². The quantitative estimate of drug-likeness (QED) is 0.362. The topological polar surface area (TPSA) is 133 Å². The molecule has 0 radical (unpaired) electrons. The van der Waals surface area contributed by atoms with Crippen LogP contribution in [0.5, 0.6) is 0 Å². The Bertz CT molecular complexity index is 1210. The zero-order valence-corrected chi connectivity index (χ0v) is 18.3. The van der Waals surface area contributed by atoms with E-state index in [-0.39, 0.29) is 22.6 Å². The van der Waals surface area contributed by atoms with Crippen LogP contribution in [0.2, 0.25) is 0 Å². The summed E-state index contributed by atoms with van der Waals surface area (Å²) in [5, 5.41) is 23.2. The first-order valence-electron chi connectivity index (χ1n) is 9.79. The highest BCUT2D eigenvalue weighted by molar-refractivity contribution is 8.00. The van der Waals surface area contributed by atoms with Gasteiger partial charge in [0.05, 0.1) is 21.9 Å². The zero-order chi connectivity index (χ0) is 24.0. The Hall–Kier alpha value is -4.11. The van der Waals surface area contributed by atoms with Crippen LogP contribution in [0.3, 0.4) is 0 Å². The van der Waals surface area contributed by atoms with Gasteiger partial charge in [-0.1, -0.05) is 18.2 Å². The Morgan fingerprint density at radius 1 is 0.758 bits per heavy atom. The van der Waals surface area contributed by atoms with Crippen LogP contribution in [-0.2, 0) is 4.79 Å². The van der Waals surface area contributed by atoms with E-state index in [4.69, 9.17) is 5.11 Å². The zero-order valence-electron chi connectivity index (χ0n) is 17.4. The van der Waals surface area contributed by atoms with E-state index in [0.29, 0.717) is 11.4 Å². The molecule has 1 atom stereocenters. The van der Waals surface area contributed by atoms with Crippen molar-refractivity contribution in [1.29, 1.82) is 0 Å². The summed E-state index contributed by atoms with van der Waals surface area (Å²) in [7, 11) is 0. The second-order valence-electron chi connectivity index (χ2n) is 6.96. The van der Waals surface area contributed by atoms with E-state index in [1.807, 2.05) is 0 Å². The van der Waals surface area contributed by atoms with Crippen LogP contribution in [0, 0.1) is 0 Å². The lowest BCUT2D eigenvalue weighted by Crippen LogP contribution is -2.22. The number of anilines is 2. The molecule has 0 fully saturated rings. The largest absolute Gasteiger partial charge is 0.478 e. The summed E-state index contributed by atoms with van der Waals surface area (Å²) in [6.07, 6.45) is 0. The van der Waals surface area contributed by atoms with Gasteiger partial charge in [-0.3, -0.25) is 9.59 Å². The fourth-order valence-corrected chi connectivity index (χ4v) is 3.78. The third-order valence-corrected chi connectivity index (χ3v) is 5.69. The molecular weight excluding hydrogens is 444 g/mol. The van der Waals surface area contributed by atoms with Crippen molar-refractivity contribution in [3.05, 3.63) is 89.5 Å². The van der Waals surface area contributed by atoms with Crippen LogP contribution >= 0.6 is 11.8 Å². The van der Waals surface area contributed by atoms with Crippen molar-refractivity contribution in [2.45, 2.75) is 17.1 Å². The second kappa shape index (κ2) is 10.5. The number of thioether (sulfide) groups is 1. The minimum absolute atomic E-state index is 0.0562. The van der Waals surface area contributed by atoms with E-state index in [0.717, 1.165) is 4.90 Å². The van der Waals surface area contributed by atoms with Crippen molar-refractivity contribution in [2.24, 2.45) is 0 Å². The lowest BCUT2D eigenvalue weighted by atomic mass is 10.1. The van der Waals surface area contributed by atoms with E-state index in [1.54, 1.807) is 55.5 Å². The second-order valence-corrected chi connectivity index (χ2v) is 8.38. The molecule has 3 aromatic rings. The Balaban J connectivity index is 1.60. The molecule has 0 aromatic heterocycles. The fourth-order valence-electron chi connectivity index (χ4n) is 2.91. The van der Waals surface area contributed by atoms with E-state index in [1.165, 1.54) is 36.0 Å². The molecule has 0 saturated heterocycles. The summed E-state index contributed by atoms with van der Waals surface area (Å²) in [6.45, 7) is 1.72. The number of rotatable bonds is 8. The molecule has 0 spiro atoms. The summed E-state index contributed by atoms with van der Waals surface area (Å²) < 4.78 is 0. The van der Waals surface area contributed by atoms with Crippen molar-refractivity contribution in [3.8, 4) is 0 Å². The SMILES string of the molecule is CC(Sc1ccc(NC(=O)c2ccccc2C(=O)O)cc1)C(=O)Nc1cccc(C(=O)O)c1. The molecule has 33 heavy (non-hydrogen) atoms. The van der Waals surface area contributed by atoms with Crippen molar-refractivity contribution in [1.82, 2.24) is 0 Å². The van der Waals surface area contributed by atoms with Crippen LogP contribution in [0.1, 0.15) is 38.0 Å². The van der Waals surface area contributed by atoms with E-state index in [9.17, 15) is 24.3 Å². The molecular formula is C24H20N2O6S. The third kappa shape index (κ3) is 6.20. The monoisotopic (exact) mass is 464 g/mol. The summed E-state index contributed by atoms with van der Waals surface area (Å²) >= 11 is 1.29. The van der Waals surface area contributed by atoms with Crippen LogP contribution < -0.4 is 10.6 Å². The highest BCUT2D eigenvalue weighted by Gasteiger charge is 2.17. The van der Waals surface area contributed by atoms with Crippen LogP contribution in [-0.4, -0.2) is 39.2 Å². The highest BCUT2D eigenvalue weighted by atomic mass is 32.2. The first-order chi connectivity index (χ1) is 15.7. The van der Waals surface area contributed by atoms with Gasteiger partial charge in [-0.05, 0) is 61.5 Å². The predicted molar refractivity (Wildman–Crippen MR) is 125 cm³/mol. The standard InChI is InChI=1S/C24H20N2O6S/c1-14(21(27)26-17-6-4-5-15(13-17)23(29)30)33-18-11-9-16(10-12-18)25-22(28)19-7-2-3-8-20(19)24(31)32/h2-14H,1H3,(H,25,28)(H,26,27)(H,29,30)(H,31,32). The highest BCUT2D eigenvalue weighted by Crippen LogP contribution is 2.26. The van der Waals surface area contributed by atoms with Gasteiger partial charge in [-0.15, -0.1) is 11.8 Å². The lowest BCUT2D eigenvalue weighted by Gasteiger charge is -2.13. The number of carboxylic acid groups (broad SMARTS) is 2. The minimum Gasteiger partial charge on any atom is -0.478 e. The molecule has 4 N–H and O–H groups in total. The van der Waals surface area contributed by atoms with Gasteiger partial charge in [0.15, 0.2) is 0 Å². The molecule has 0 saturated carbocycles. The molecule has 0 aliphatic carbocycles. The Morgan fingerprint density at radius 2 is 1.42 bits per heavy atom. The van der Waals surface area contributed by atoms with E-state index in [2.05, 4.69) is 10.6 Å². The summed E-state index contributed by atoms with van der Waals surface area (Å²) in [4.78, 5) is 48.1. The fraction of sp³-hybridized carbons (Fsp3) is 0.0833. The smallest absolute Gasteiger partial charge is 0.336 e. The molecule has 3 aromatic carbocycles. The first-order valence-corrected chi connectivity index (χ1v) is 10.7. The number of amides is 2. The number of hydrogen-bond donors (Lipinski definition) is 4. The van der Waals surface area contributed by atoms with E-state index >= 15 is 0 Å². The summed E-state index contributed by atoms with van der Waals surface area (Å²) in [6, 6.07) is 18.7. The maximum Gasteiger partial charge on any atom is 0.336 e. The van der Waals surface area contributed by atoms with Gasteiger partial charge in [0.1, 0.15) is 0 Å². The van der Waals surface area contributed by atoms with Gasteiger partial charge >= 0.3 is 11.9 Å². The molecule has 8 nitrogen and oxygen atoms in total. The molecule has 0 bridgehead atoms. The Morgan fingerprint density at radius 3 is 2.06 bits per heavy atom. The van der Waals surface area contributed by atoms with Crippen LogP contribution in [0.25, 0.3) is 0 Å².